The molecule has 0 amide bonds. The average Bonchev–Trinajstić information content (AvgIpc) is 2.93. The molecule has 0 aromatic heterocycles. The number of ether oxygens (including phenoxy) is 2. The standard InChI is InChI=1S/C15H13NO6S/c1-9-5-12-13(22-8-21-12)7-14(9)23(19,20)16-11-4-2-3-10(6-11)15(17)18/h2-7,16H,8H2,1H3,(H,17,18). The molecule has 1 aliphatic rings. The summed E-state index contributed by atoms with van der Waals surface area (Å²) in [5, 5.41) is 8.97. The van der Waals surface area contributed by atoms with E-state index in [1.807, 2.05) is 0 Å². The van der Waals surface area contributed by atoms with Crippen molar-refractivity contribution in [1.82, 2.24) is 0 Å². The zero-order valence-electron chi connectivity index (χ0n) is 12.1. The molecule has 0 bridgehead atoms. The molecule has 1 heterocycles. The Morgan fingerprint density at radius 1 is 1.17 bits per heavy atom. The summed E-state index contributed by atoms with van der Waals surface area (Å²) in [6.07, 6.45) is 0. The van der Waals surface area contributed by atoms with Crippen LogP contribution in [0.2, 0.25) is 0 Å². The Morgan fingerprint density at radius 3 is 2.57 bits per heavy atom. The molecule has 23 heavy (non-hydrogen) atoms. The molecule has 2 aromatic carbocycles. The van der Waals surface area contributed by atoms with E-state index in [4.69, 9.17) is 14.6 Å². The second-order valence-electron chi connectivity index (χ2n) is 4.96. The van der Waals surface area contributed by atoms with Gasteiger partial charge in [-0.25, -0.2) is 13.2 Å². The summed E-state index contributed by atoms with van der Waals surface area (Å²) in [5.74, 6) is -0.283. The van der Waals surface area contributed by atoms with Crippen molar-refractivity contribution >= 4 is 21.7 Å². The molecule has 0 atom stereocenters. The number of benzene rings is 2. The molecule has 0 radical (unpaired) electrons. The zero-order valence-corrected chi connectivity index (χ0v) is 12.9. The molecule has 7 nitrogen and oxygen atoms in total. The first-order chi connectivity index (χ1) is 10.9. The van der Waals surface area contributed by atoms with Gasteiger partial charge < -0.3 is 14.6 Å². The Labute approximate surface area is 132 Å². The number of rotatable bonds is 4. The molecule has 0 fully saturated rings. The summed E-state index contributed by atoms with van der Waals surface area (Å²) in [5.41, 5.74) is 0.658. The second kappa shape index (κ2) is 5.47. The monoisotopic (exact) mass is 335 g/mol. The van der Waals surface area contributed by atoms with E-state index in [0.717, 1.165) is 0 Å². The van der Waals surface area contributed by atoms with Crippen molar-refractivity contribution in [3.05, 3.63) is 47.5 Å². The molecular formula is C15H13NO6S. The van der Waals surface area contributed by atoms with Crippen LogP contribution in [0, 0.1) is 6.92 Å². The molecule has 0 spiro atoms. The van der Waals surface area contributed by atoms with Crippen LogP contribution in [0.3, 0.4) is 0 Å². The van der Waals surface area contributed by atoms with E-state index in [1.165, 1.54) is 30.3 Å². The topological polar surface area (TPSA) is 102 Å². The SMILES string of the molecule is Cc1cc2c(cc1S(=O)(=O)Nc1cccc(C(=O)O)c1)OCO2. The van der Waals surface area contributed by atoms with Crippen molar-refractivity contribution in [2.24, 2.45) is 0 Å². The van der Waals surface area contributed by atoms with Gasteiger partial charge in [0.05, 0.1) is 10.5 Å². The number of anilines is 1. The van der Waals surface area contributed by atoms with Crippen LogP contribution < -0.4 is 14.2 Å². The molecule has 2 N–H and O–H groups in total. The molecule has 120 valence electrons. The second-order valence-corrected chi connectivity index (χ2v) is 6.61. The Morgan fingerprint density at radius 2 is 1.87 bits per heavy atom. The lowest BCUT2D eigenvalue weighted by Crippen LogP contribution is -2.14. The van der Waals surface area contributed by atoms with Gasteiger partial charge in [-0.1, -0.05) is 6.07 Å². The third-order valence-corrected chi connectivity index (χ3v) is 4.84. The lowest BCUT2D eigenvalue weighted by Gasteiger charge is -2.11. The predicted octanol–water partition coefficient (Wildman–Crippen LogP) is 2.22. The minimum absolute atomic E-state index is 0.00684. The van der Waals surface area contributed by atoms with Gasteiger partial charge in [0, 0.05) is 11.8 Å². The summed E-state index contributed by atoms with van der Waals surface area (Å²) in [6.45, 7) is 1.69. The molecule has 3 rings (SSSR count). The summed E-state index contributed by atoms with van der Waals surface area (Å²) in [7, 11) is -3.89. The molecular weight excluding hydrogens is 322 g/mol. The normalized spacial score (nSPS) is 12.9. The fourth-order valence-corrected chi connectivity index (χ4v) is 3.53. The number of hydrogen-bond acceptors (Lipinski definition) is 5. The third-order valence-electron chi connectivity index (χ3n) is 3.32. The number of nitrogens with one attached hydrogen (secondary N) is 1. The van der Waals surface area contributed by atoms with E-state index in [1.54, 1.807) is 13.0 Å². The number of carbonyl (C=O) groups is 1. The van der Waals surface area contributed by atoms with Crippen LogP contribution in [0.4, 0.5) is 5.69 Å². The van der Waals surface area contributed by atoms with Crippen molar-refractivity contribution in [2.45, 2.75) is 11.8 Å². The van der Waals surface area contributed by atoms with Crippen LogP contribution in [0.1, 0.15) is 15.9 Å². The maximum Gasteiger partial charge on any atom is 0.335 e. The molecule has 0 aliphatic carbocycles. The Balaban J connectivity index is 1.96. The van der Waals surface area contributed by atoms with Crippen LogP contribution in [0.5, 0.6) is 11.5 Å². The third kappa shape index (κ3) is 2.93. The van der Waals surface area contributed by atoms with Gasteiger partial charge in [0.2, 0.25) is 6.79 Å². The maximum atomic E-state index is 12.5. The van der Waals surface area contributed by atoms with Crippen molar-refractivity contribution in [2.75, 3.05) is 11.5 Å². The van der Waals surface area contributed by atoms with Gasteiger partial charge in [0.15, 0.2) is 11.5 Å². The van der Waals surface area contributed by atoms with Crippen LogP contribution in [-0.2, 0) is 10.0 Å². The van der Waals surface area contributed by atoms with Gasteiger partial charge in [-0.3, -0.25) is 4.72 Å². The maximum absolute atomic E-state index is 12.5. The van der Waals surface area contributed by atoms with Gasteiger partial charge in [-0.05, 0) is 36.8 Å². The summed E-state index contributed by atoms with van der Waals surface area (Å²) in [4.78, 5) is 11.0. The highest BCUT2D eigenvalue weighted by atomic mass is 32.2. The molecule has 1 aliphatic heterocycles. The molecule has 0 saturated carbocycles. The largest absolute Gasteiger partial charge is 0.478 e. The first kappa shape index (κ1) is 15.2. The zero-order chi connectivity index (χ0) is 16.6. The first-order valence-corrected chi connectivity index (χ1v) is 8.11. The van der Waals surface area contributed by atoms with Crippen molar-refractivity contribution in [3.63, 3.8) is 0 Å². The number of aryl methyl sites for hydroxylation is 1. The predicted molar refractivity (Wildman–Crippen MR) is 81.5 cm³/mol. The number of hydrogen-bond donors (Lipinski definition) is 2. The first-order valence-electron chi connectivity index (χ1n) is 6.63. The number of fused-ring (bicyclic) bond motifs is 1. The van der Waals surface area contributed by atoms with E-state index >= 15 is 0 Å². The van der Waals surface area contributed by atoms with E-state index in [0.29, 0.717) is 17.1 Å². The van der Waals surface area contributed by atoms with Crippen LogP contribution in [-0.4, -0.2) is 26.3 Å². The van der Waals surface area contributed by atoms with Crippen LogP contribution in [0.15, 0.2) is 41.3 Å². The molecule has 0 saturated heterocycles. The summed E-state index contributed by atoms with van der Waals surface area (Å²) >= 11 is 0. The molecule has 2 aromatic rings. The minimum Gasteiger partial charge on any atom is -0.478 e. The Bertz CT molecular complexity index is 891. The van der Waals surface area contributed by atoms with E-state index in [9.17, 15) is 13.2 Å². The smallest absolute Gasteiger partial charge is 0.335 e. The molecule has 8 heteroatoms. The van der Waals surface area contributed by atoms with Gasteiger partial charge in [0.1, 0.15) is 0 Å². The number of aromatic carboxylic acids is 1. The van der Waals surface area contributed by atoms with Crippen molar-refractivity contribution in [3.8, 4) is 11.5 Å². The molecule has 0 unspecified atom stereocenters. The van der Waals surface area contributed by atoms with Crippen LogP contribution in [0.25, 0.3) is 0 Å². The Kier molecular flexibility index (Phi) is 3.61. The van der Waals surface area contributed by atoms with Crippen molar-refractivity contribution < 1.29 is 27.8 Å². The summed E-state index contributed by atoms with van der Waals surface area (Å²) in [6, 6.07) is 8.56. The number of carboxylic acids is 1. The fraction of sp³-hybridized carbons (Fsp3) is 0.133. The fourth-order valence-electron chi connectivity index (χ4n) is 2.24. The van der Waals surface area contributed by atoms with Gasteiger partial charge >= 0.3 is 5.97 Å². The van der Waals surface area contributed by atoms with E-state index in [2.05, 4.69) is 4.72 Å². The van der Waals surface area contributed by atoms with E-state index in [-0.39, 0.29) is 22.9 Å². The minimum atomic E-state index is -3.89. The van der Waals surface area contributed by atoms with E-state index < -0.39 is 16.0 Å². The average molecular weight is 335 g/mol. The van der Waals surface area contributed by atoms with Gasteiger partial charge in [0.25, 0.3) is 10.0 Å². The highest BCUT2D eigenvalue weighted by Crippen LogP contribution is 2.36. The quantitative estimate of drug-likeness (QED) is 0.888. The highest BCUT2D eigenvalue weighted by Gasteiger charge is 2.23. The van der Waals surface area contributed by atoms with Gasteiger partial charge in [-0.2, -0.15) is 0 Å². The lowest BCUT2D eigenvalue weighted by molar-refractivity contribution is 0.0697. The number of carboxylic acid groups (broad SMARTS) is 1. The lowest BCUT2D eigenvalue weighted by atomic mass is 10.2. The number of sulfonamides is 1. The Hall–Kier alpha value is -2.74. The highest BCUT2D eigenvalue weighted by molar-refractivity contribution is 7.92. The van der Waals surface area contributed by atoms with Crippen LogP contribution >= 0.6 is 0 Å². The van der Waals surface area contributed by atoms with Crippen molar-refractivity contribution in [1.29, 1.82) is 0 Å². The summed E-state index contributed by atoms with van der Waals surface area (Å²) < 4.78 is 37.9. The van der Waals surface area contributed by atoms with Gasteiger partial charge in [-0.15, -0.1) is 0 Å².